The van der Waals surface area contributed by atoms with Crippen molar-refractivity contribution in [2.75, 3.05) is 33.8 Å². The number of nitrogens with zero attached hydrogens (tertiary/aromatic N) is 2. The molecule has 0 heterocycles. The van der Waals surface area contributed by atoms with Gasteiger partial charge in [-0.2, -0.15) is 0 Å². The SMILES string of the molecule is CCOC(=O)CN(CCC(=O)N(C)C)C1CC1. The van der Waals surface area contributed by atoms with Gasteiger partial charge in [-0.25, -0.2) is 0 Å². The predicted molar refractivity (Wildman–Crippen MR) is 64.5 cm³/mol. The minimum atomic E-state index is -0.197. The molecule has 1 rings (SSSR count). The summed E-state index contributed by atoms with van der Waals surface area (Å²) in [6.07, 6.45) is 2.70. The minimum absolute atomic E-state index is 0.0968. The molecular weight excluding hydrogens is 220 g/mol. The van der Waals surface area contributed by atoms with Crippen LogP contribution in [0.25, 0.3) is 0 Å². The second-order valence-corrected chi connectivity index (χ2v) is 4.54. The number of hydrogen-bond donors (Lipinski definition) is 0. The van der Waals surface area contributed by atoms with Crippen LogP contribution >= 0.6 is 0 Å². The Morgan fingerprint density at radius 3 is 2.41 bits per heavy atom. The van der Waals surface area contributed by atoms with Gasteiger partial charge in [-0.15, -0.1) is 0 Å². The Labute approximate surface area is 103 Å². The largest absolute Gasteiger partial charge is 0.465 e. The molecule has 98 valence electrons. The molecule has 1 aliphatic carbocycles. The van der Waals surface area contributed by atoms with Crippen molar-refractivity contribution in [2.45, 2.75) is 32.2 Å². The predicted octanol–water partition coefficient (Wildman–Crippen LogP) is 0.492. The molecule has 0 unspecified atom stereocenters. The van der Waals surface area contributed by atoms with E-state index in [2.05, 4.69) is 4.90 Å². The maximum Gasteiger partial charge on any atom is 0.320 e. The molecular formula is C12H22N2O3. The Kier molecular flexibility index (Phi) is 5.41. The normalized spacial score (nSPS) is 14.8. The van der Waals surface area contributed by atoms with Gasteiger partial charge in [0.25, 0.3) is 0 Å². The molecule has 5 nitrogen and oxygen atoms in total. The third kappa shape index (κ3) is 5.17. The minimum Gasteiger partial charge on any atom is -0.465 e. The van der Waals surface area contributed by atoms with Gasteiger partial charge < -0.3 is 9.64 Å². The molecule has 0 bridgehead atoms. The average molecular weight is 242 g/mol. The van der Waals surface area contributed by atoms with Crippen molar-refractivity contribution in [3.05, 3.63) is 0 Å². The second-order valence-electron chi connectivity index (χ2n) is 4.54. The molecule has 1 amide bonds. The van der Waals surface area contributed by atoms with Gasteiger partial charge in [0.2, 0.25) is 5.91 Å². The number of carbonyl (C=O) groups excluding carboxylic acids is 2. The van der Waals surface area contributed by atoms with Gasteiger partial charge in [0.05, 0.1) is 13.2 Å². The lowest BCUT2D eigenvalue weighted by molar-refractivity contribution is -0.145. The molecule has 0 radical (unpaired) electrons. The van der Waals surface area contributed by atoms with Crippen LogP contribution < -0.4 is 0 Å². The van der Waals surface area contributed by atoms with E-state index in [0.717, 1.165) is 12.8 Å². The lowest BCUT2D eigenvalue weighted by atomic mass is 10.3. The Balaban J connectivity index is 2.33. The van der Waals surface area contributed by atoms with Gasteiger partial charge in [-0.05, 0) is 19.8 Å². The highest BCUT2D eigenvalue weighted by Crippen LogP contribution is 2.26. The van der Waals surface area contributed by atoms with Crippen LogP contribution in [0.3, 0.4) is 0 Å². The monoisotopic (exact) mass is 242 g/mol. The molecule has 0 spiro atoms. The summed E-state index contributed by atoms with van der Waals surface area (Å²) >= 11 is 0. The first-order chi connectivity index (χ1) is 8.04. The maximum absolute atomic E-state index is 11.5. The number of amides is 1. The van der Waals surface area contributed by atoms with Gasteiger partial charge in [-0.3, -0.25) is 14.5 Å². The molecule has 0 atom stereocenters. The van der Waals surface area contributed by atoms with Gasteiger partial charge in [0, 0.05) is 33.1 Å². The zero-order valence-electron chi connectivity index (χ0n) is 10.9. The summed E-state index contributed by atoms with van der Waals surface area (Å²) in [6.45, 7) is 3.16. The summed E-state index contributed by atoms with van der Waals surface area (Å²) in [5.74, 6) is -0.101. The Morgan fingerprint density at radius 2 is 1.94 bits per heavy atom. The first-order valence-electron chi connectivity index (χ1n) is 6.14. The number of hydrogen-bond acceptors (Lipinski definition) is 4. The Morgan fingerprint density at radius 1 is 1.29 bits per heavy atom. The van der Waals surface area contributed by atoms with Crippen LogP contribution in [-0.4, -0.2) is 61.5 Å². The number of ether oxygens (including phenoxy) is 1. The van der Waals surface area contributed by atoms with E-state index in [1.165, 1.54) is 0 Å². The lowest BCUT2D eigenvalue weighted by Gasteiger charge is -2.21. The quantitative estimate of drug-likeness (QED) is 0.610. The molecule has 0 aromatic rings. The first kappa shape index (κ1) is 14.0. The van der Waals surface area contributed by atoms with E-state index in [1.807, 2.05) is 0 Å². The molecule has 1 aliphatic rings. The van der Waals surface area contributed by atoms with E-state index in [0.29, 0.717) is 32.2 Å². The van der Waals surface area contributed by atoms with Crippen molar-refractivity contribution in [3.8, 4) is 0 Å². The van der Waals surface area contributed by atoms with E-state index < -0.39 is 0 Å². The highest BCUT2D eigenvalue weighted by molar-refractivity contribution is 5.76. The third-order valence-corrected chi connectivity index (χ3v) is 2.81. The van der Waals surface area contributed by atoms with Crippen molar-refractivity contribution < 1.29 is 14.3 Å². The summed E-state index contributed by atoms with van der Waals surface area (Å²) in [5, 5.41) is 0. The van der Waals surface area contributed by atoms with Gasteiger partial charge in [0.15, 0.2) is 0 Å². The highest BCUT2D eigenvalue weighted by atomic mass is 16.5. The summed E-state index contributed by atoms with van der Waals surface area (Å²) in [7, 11) is 3.49. The van der Waals surface area contributed by atoms with Crippen LogP contribution in [-0.2, 0) is 14.3 Å². The van der Waals surface area contributed by atoms with Crippen molar-refractivity contribution in [1.82, 2.24) is 9.80 Å². The van der Waals surface area contributed by atoms with Crippen LogP contribution in [0.5, 0.6) is 0 Å². The number of rotatable bonds is 7. The van der Waals surface area contributed by atoms with Crippen LogP contribution in [0, 0.1) is 0 Å². The summed E-state index contributed by atoms with van der Waals surface area (Å²) in [4.78, 5) is 26.5. The van der Waals surface area contributed by atoms with Crippen LogP contribution in [0.4, 0.5) is 0 Å². The molecule has 0 aliphatic heterocycles. The van der Waals surface area contributed by atoms with Gasteiger partial charge in [0.1, 0.15) is 0 Å². The number of esters is 1. The van der Waals surface area contributed by atoms with Gasteiger partial charge >= 0.3 is 5.97 Å². The first-order valence-corrected chi connectivity index (χ1v) is 6.14. The molecule has 0 aromatic heterocycles. The van der Waals surface area contributed by atoms with Crippen LogP contribution in [0.1, 0.15) is 26.2 Å². The number of carbonyl (C=O) groups is 2. The third-order valence-electron chi connectivity index (χ3n) is 2.81. The van der Waals surface area contributed by atoms with Crippen molar-refractivity contribution in [1.29, 1.82) is 0 Å². The standard InChI is InChI=1S/C12H22N2O3/c1-4-17-12(16)9-14(10-5-6-10)8-7-11(15)13(2)3/h10H,4-9H2,1-3H3. The lowest BCUT2D eigenvalue weighted by Crippen LogP contribution is -2.36. The van der Waals surface area contributed by atoms with Crippen molar-refractivity contribution in [2.24, 2.45) is 0 Å². The fraction of sp³-hybridized carbons (Fsp3) is 0.833. The fourth-order valence-corrected chi connectivity index (χ4v) is 1.67. The van der Waals surface area contributed by atoms with E-state index in [1.54, 1.807) is 25.9 Å². The van der Waals surface area contributed by atoms with E-state index in [-0.39, 0.29) is 11.9 Å². The smallest absolute Gasteiger partial charge is 0.320 e. The van der Waals surface area contributed by atoms with E-state index in [9.17, 15) is 9.59 Å². The zero-order valence-corrected chi connectivity index (χ0v) is 10.9. The molecule has 5 heteroatoms. The maximum atomic E-state index is 11.5. The molecule has 0 saturated heterocycles. The van der Waals surface area contributed by atoms with Crippen molar-refractivity contribution >= 4 is 11.9 Å². The molecule has 0 N–H and O–H groups in total. The van der Waals surface area contributed by atoms with E-state index in [4.69, 9.17) is 4.74 Å². The molecule has 17 heavy (non-hydrogen) atoms. The summed E-state index contributed by atoms with van der Waals surface area (Å²) in [6, 6.07) is 0.467. The molecule has 1 saturated carbocycles. The average Bonchev–Trinajstić information content (AvgIpc) is 3.07. The van der Waals surface area contributed by atoms with Gasteiger partial charge in [-0.1, -0.05) is 0 Å². The zero-order chi connectivity index (χ0) is 12.8. The Bertz CT molecular complexity index is 275. The topological polar surface area (TPSA) is 49.9 Å². The fourth-order valence-electron chi connectivity index (χ4n) is 1.67. The highest BCUT2D eigenvalue weighted by Gasteiger charge is 2.30. The summed E-state index contributed by atoms with van der Waals surface area (Å²) in [5.41, 5.74) is 0. The van der Waals surface area contributed by atoms with Crippen LogP contribution in [0.2, 0.25) is 0 Å². The van der Waals surface area contributed by atoms with Crippen LogP contribution in [0.15, 0.2) is 0 Å². The van der Waals surface area contributed by atoms with Crippen molar-refractivity contribution in [3.63, 3.8) is 0 Å². The molecule has 0 aromatic carbocycles. The second kappa shape index (κ2) is 6.59. The van der Waals surface area contributed by atoms with E-state index >= 15 is 0 Å². The summed E-state index contributed by atoms with van der Waals surface area (Å²) < 4.78 is 4.93. The Hall–Kier alpha value is -1.10. The molecule has 1 fully saturated rings.